The van der Waals surface area contributed by atoms with E-state index < -0.39 is 11.6 Å². The van der Waals surface area contributed by atoms with E-state index >= 15 is 0 Å². The molecule has 1 aromatic rings. The van der Waals surface area contributed by atoms with Crippen LogP contribution in [0, 0.1) is 0 Å². The van der Waals surface area contributed by atoms with Crippen molar-refractivity contribution in [2.24, 2.45) is 0 Å². The number of carboxylic acids is 1. The number of aromatic nitrogens is 1. The standard InChI is InChI=1S/C12H16N2O4/c1-8-12(17,3-5-18-8)7-14-10-6-9(11(15)16)2-4-13-10/h2,4,6,8,17H,3,5,7H2,1H3,(H,13,14)(H,15,16). The molecule has 0 radical (unpaired) electrons. The van der Waals surface area contributed by atoms with Crippen molar-refractivity contribution < 1.29 is 19.7 Å². The summed E-state index contributed by atoms with van der Waals surface area (Å²) in [5, 5.41) is 22.1. The number of carboxylic acid groups (broad SMARTS) is 1. The lowest BCUT2D eigenvalue weighted by Gasteiger charge is -2.26. The van der Waals surface area contributed by atoms with Crippen LogP contribution in [0.1, 0.15) is 23.7 Å². The number of carbonyl (C=O) groups is 1. The van der Waals surface area contributed by atoms with Crippen LogP contribution in [0.25, 0.3) is 0 Å². The molecule has 1 aromatic heterocycles. The fourth-order valence-corrected chi connectivity index (χ4v) is 1.91. The Labute approximate surface area is 105 Å². The minimum atomic E-state index is -1.00. The second-order valence-electron chi connectivity index (χ2n) is 4.46. The molecule has 3 N–H and O–H groups in total. The number of ether oxygens (including phenoxy) is 1. The summed E-state index contributed by atoms with van der Waals surface area (Å²) in [6.45, 7) is 2.63. The van der Waals surface area contributed by atoms with E-state index in [-0.39, 0.29) is 18.2 Å². The Morgan fingerprint density at radius 1 is 1.72 bits per heavy atom. The molecule has 2 atom stereocenters. The second kappa shape index (κ2) is 4.91. The van der Waals surface area contributed by atoms with Gasteiger partial charge in [-0.1, -0.05) is 0 Å². The number of rotatable bonds is 4. The van der Waals surface area contributed by atoms with Gasteiger partial charge in [-0.2, -0.15) is 0 Å². The Morgan fingerprint density at radius 2 is 2.50 bits per heavy atom. The summed E-state index contributed by atoms with van der Waals surface area (Å²) in [7, 11) is 0. The first kappa shape index (κ1) is 12.8. The highest BCUT2D eigenvalue weighted by atomic mass is 16.5. The van der Waals surface area contributed by atoms with Crippen molar-refractivity contribution in [1.29, 1.82) is 0 Å². The Hall–Kier alpha value is -1.66. The molecule has 0 bridgehead atoms. The van der Waals surface area contributed by atoms with Gasteiger partial charge in [0.05, 0.1) is 11.7 Å². The Balaban J connectivity index is 2.02. The fourth-order valence-electron chi connectivity index (χ4n) is 1.91. The molecule has 6 nitrogen and oxygen atoms in total. The van der Waals surface area contributed by atoms with E-state index in [1.54, 1.807) is 0 Å². The van der Waals surface area contributed by atoms with Crippen molar-refractivity contribution in [3.8, 4) is 0 Å². The molecule has 0 amide bonds. The van der Waals surface area contributed by atoms with E-state index in [0.717, 1.165) is 0 Å². The van der Waals surface area contributed by atoms with Gasteiger partial charge in [0.15, 0.2) is 0 Å². The minimum absolute atomic E-state index is 0.162. The van der Waals surface area contributed by atoms with Gasteiger partial charge in [0.1, 0.15) is 11.4 Å². The number of hydrogen-bond donors (Lipinski definition) is 3. The van der Waals surface area contributed by atoms with Crippen molar-refractivity contribution in [3.63, 3.8) is 0 Å². The number of aliphatic hydroxyl groups is 1. The van der Waals surface area contributed by atoms with Gasteiger partial charge in [-0.3, -0.25) is 0 Å². The Bertz CT molecular complexity index is 451. The molecule has 1 aliphatic heterocycles. The zero-order valence-corrected chi connectivity index (χ0v) is 10.1. The van der Waals surface area contributed by atoms with Crippen LogP contribution >= 0.6 is 0 Å². The summed E-state index contributed by atoms with van der Waals surface area (Å²) in [6.07, 6.45) is 1.73. The maximum absolute atomic E-state index is 10.8. The lowest BCUT2D eigenvalue weighted by Crippen LogP contribution is -2.43. The second-order valence-corrected chi connectivity index (χ2v) is 4.46. The van der Waals surface area contributed by atoms with E-state index in [1.165, 1.54) is 18.3 Å². The molecule has 1 saturated heterocycles. The maximum atomic E-state index is 10.8. The van der Waals surface area contributed by atoms with E-state index in [0.29, 0.717) is 18.8 Å². The predicted octanol–water partition coefficient (Wildman–Crippen LogP) is 0.732. The van der Waals surface area contributed by atoms with Gasteiger partial charge in [-0.05, 0) is 19.1 Å². The highest BCUT2D eigenvalue weighted by Gasteiger charge is 2.39. The first-order chi connectivity index (χ1) is 8.51. The van der Waals surface area contributed by atoms with Crippen LogP contribution < -0.4 is 5.32 Å². The van der Waals surface area contributed by atoms with Crippen LogP contribution in [0.3, 0.4) is 0 Å². The van der Waals surface area contributed by atoms with Gasteiger partial charge >= 0.3 is 5.97 Å². The average Bonchev–Trinajstić information content (AvgIpc) is 2.68. The first-order valence-electron chi connectivity index (χ1n) is 5.78. The molecular weight excluding hydrogens is 236 g/mol. The van der Waals surface area contributed by atoms with Crippen LogP contribution in [0.2, 0.25) is 0 Å². The minimum Gasteiger partial charge on any atom is -0.478 e. The third kappa shape index (κ3) is 2.60. The molecule has 98 valence electrons. The molecule has 1 fully saturated rings. The summed E-state index contributed by atoms with van der Waals surface area (Å²) in [5.41, 5.74) is -0.767. The topological polar surface area (TPSA) is 91.7 Å². The quantitative estimate of drug-likeness (QED) is 0.731. The van der Waals surface area contributed by atoms with Crippen molar-refractivity contribution >= 4 is 11.8 Å². The molecule has 0 spiro atoms. The van der Waals surface area contributed by atoms with E-state index in [2.05, 4.69) is 10.3 Å². The van der Waals surface area contributed by atoms with Crippen LogP contribution in [0.4, 0.5) is 5.82 Å². The molecule has 6 heteroatoms. The normalized spacial score (nSPS) is 27.1. The first-order valence-corrected chi connectivity index (χ1v) is 5.78. The van der Waals surface area contributed by atoms with Crippen LogP contribution in [0.5, 0.6) is 0 Å². The van der Waals surface area contributed by atoms with Gasteiger partial charge < -0.3 is 20.3 Å². The zero-order chi connectivity index (χ0) is 13.2. The molecule has 0 aromatic carbocycles. The molecule has 2 rings (SSSR count). The fraction of sp³-hybridized carbons (Fsp3) is 0.500. The number of pyridine rings is 1. The smallest absolute Gasteiger partial charge is 0.335 e. The SMILES string of the molecule is CC1OCCC1(O)CNc1cc(C(=O)O)ccn1. The summed E-state index contributed by atoms with van der Waals surface area (Å²) in [5.74, 6) is -0.570. The number of nitrogens with zero attached hydrogens (tertiary/aromatic N) is 1. The lowest BCUT2D eigenvalue weighted by molar-refractivity contribution is -0.0176. The van der Waals surface area contributed by atoms with Crippen LogP contribution in [-0.4, -0.2) is 46.0 Å². The van der Waals surface area contributed by atoms with Crippen molar-refractivity contribution in [1.82, 2.24) is 4.98 Å². The largest absolute Gasteiger partial charge is 0.478 e. The number of nitrogens with one attached hydrogen (secondary N) is 1. The third-order valence-corrected chi connectivity index (χ3v) is 3.24. The summed E-state index contributed by atoms with van der Waals surface area (Å²) < 4.78 is 5.31. The number of aromatic carboxylic acids is 1. The molecule has 2 heterocycles. The molecule has 0 saturated carbocycles. The van der Waals surface area contributed by atoms with Gasteiger partial charge in [0.25, 0.3) is 0 Å². The third-order valence-electron chi connectivity index (χ3n) is 3.24. The Kier molecular flexibility index (Phi) is 3.49. The van der Waals surface area contributed by atoms with Crippen molar-refractivity contribution in [2.75, 3.05) is 18.5 Å². The number of anilines is 1. The van der Waals surface area contributed by atoms with E-state index in [9.17, 15) is 9.90 Å². The summed E-state index contributed by atoms with van der Waals surface area (Å²) in [4.78, 5) is 14.8. The van der Waals surface area contributed by atoms with Gasteiger partial charge in [0.2, 0.25) is 0 Å². The Morgan fingerprint density at radius 3 is 3.11 bits per heavy atom. The van der Waals surface area contributed by atoms with Gasteiger partial charge in [-0.15, -0.1) is 0 Å². The predicted molar refractivity (Wildman–Crippen MR) is 64.7 cm³/mol. The van der Waals surface area contributed by atoms with Crippen LogP contribution in [0.15, 0.2) is 18.3 Å². The van der Waals surface area contributed by atoms with E-state index in [1.807, 2.05) is 6.92 Å². The van der Waals surface area contributed by atoms with Crippen molar-refractivity contribution in [3.05, 3.63) is 23.9 Å². The highest BCUT2D eigenvalue weighted by molar-refractivity contribution is 5.88. The summed E-state index contributed by atoms with van der Waals surface area (Å²) >= 11 is 0. The lowest BCUT2D eigenvalue weighted by atomic mass is 9.97. The molecule has 0 aliphatic carbocycles. The molecule has 18 heavy (non-hydrogen) atoms. The molecule has 1 aliphatic rings. The maximum Gasteiger partial charge on any atom is 0.335 e. The van der Waals surface area contributed by atoms with Crippen molar-refractivity contribution in [2.45, 2.75) is 25.0 Å². The summed E-state index contributed by atoms with van der Waals surface area (Å²) in [6, 6.07) is 2.86. The molecular formula is C12H16N2O4. The molecule has 2 unspecified atom stereocenters. The van der Waals surface area contributed by atoms with E-state index in [4.69, 9.17) is 9.84 Å². The average molecular weight is 252 g/mol. The zero-order valence-electron chi connectivity index (χ0n) is 10.1. The number of hydrogen-bond acceptors (Lipinski definition) is 5. The monoisotopic (exact) mass is 252 g/mol. The van der Waals surface area contributed by atoms with Gasteiger partial charge in [0, 0.05) is 25.8 Å². The highest BCUT2D eigenvalue weighted by Crippen LogP contribution is 2.25. The van der Waals surface area contributed by atoms with Gasteiger partial charge in [-0.25, -0.2) is 9.78 Å². The van der Waals surface area contributed by atoms with Crippen LogP contribution in [-0.2, 0) is 4.74 Å².